The number of nitrogens with one attached hydrogen (secondary N) is 1. The Morgan fingerprint density at radius 2 is 1.83 bits per heavy atom. The second-order valence-electron chi connectivity index (χ2n) is 6.83. The lowest BCUT2D eigenvalue weighted by atomic mass is 9.65. The molecule has 0 bridgehead atoms. The normalized spacial score (nSPS) is 25.8. The molecule has 0 aliphatic heterocycles. The largest absolute Gasteiger partial charge is 0.481 e. The van der Waals surface area contributed by atoms with E-state index in [1.165, 1.54) is 12.1 Å². The number of carbonyl (C=O) groups excluding carboxylic acids is 1. The Hall–Kier alpha value is -2.37. The van der Waals surface area contributed by atoms with Crippen molar-refractivity contribution in [2.75, 3.05) is 5.32 Å². The molecule has 3 N–H and O–H groups in total. The molecule has 0 saturated heterocycles. The number of carboxylic acid groups (broad SMARTS) is 2. The van der Waals surface area contributed by atoms with Gasteiger partial charge in [0.05, 0.1) is 11.0 Å². The first-order chi connectivity index (χ1) is 10.6. The average molecular weight is 319 g/mol. The van der Waals surface area contributed by atoms with Crippen LogP contribution in [0.4, 0.5) is 5.69 Å². The van der Waals surface area contributed by atoms with Gasteiger partial charge in [0.2, 0.25) is 5.91 Å². The lowest BCUT2D eigenvalue weighted by molar-refractivity contribution is -0.154. The summed E-state index contributed by atoms with van der Waals surface area (Å²) < 4.78 is 0. The molecule has 1 aromatic rings. The van der Waals surface area contributed by atoms with Crippen molar-refractivity contribution >= 4 is 23.5 Å². The molecule has 6 heteroatoms. The van der Waals surface area contributed by atoms with Crippen molar-refractivity contribution in [2.45, 2.75) is 33.6 Å². The summed E-state index contributed by atoms with van der Waals surface area (Å²) in [5, 5.41) is 21.2. The highest BCUT2D eigenvalue weighted by molar-refractivity contribution is 5.96. The molecule has 2 atom stereocenters. The number of aliphatic carboxylic acids is 1. The third-order valence-electron chi connectivity index (χ3n) is 5.39. The van der Waals surface area contributed by atoms with Crippen LogP contribution in [-0.4, -0.2) is 28.1 Å². The summed E-state index contributed by atoms with van der Waals surface area (Å²) in [6.07, 6.45) is 0.919. The van der Waals surface area contributed by atoms with Crippen molar-refractivity contribution in [1.82, 2.24) is 0 Å². The van der Waals surface area contributed by atoms with E-state index in [4.69, 9.17) is 5.11 Å². The Balaban J connectivity index is 2.21. The van der Waals surface area contributed by atoms with Gasteiger partial charge in [-0.3, -0.25) is 9.59 Å². The van der Waals surface area contributed by atoms with Gasteiger partial charge in [0.25, 0.3) is 0 Å². The van der Waals surface area contributed by atoms with Crippen molar-refractivity contribution in [3.63, 3.8) is 0 Å². The van der Waals surface area contributed by atoms with Crippen LogP contribution in [0.15, 0.2) is 24.3 Å². The van der Waals surface area contributed by atoms with E-state index in [1.807, 2.05) is 0 Å². The fourth-order valence-electron chi connectivity index (χ4n) is 3.30. The Bertz CT molecular complexity index is 667. The van der Waals surface area contributed by atoms with E-state index in [0.29, 0.717) is 18.5 Å². The molecule has 124 valence electrons. The van der Waals surface area contributed by atoms with E-state index < -0.39 is 28.7 Å². The molecule has 0 radical (unpaired) electrons. The van der Waals surface area contributed by atoms with Gasteiger partial charge in [0.15, 0.2) is 0 Å². The quantitative estimate of drug-likeness (QED) is 0.791. The molecule has 1 aliphatic rings. The molecular weight excluding hydrogens is 298 g/mol. The standard InChI is InChI=1S/C17H21NO5/c1-16(2)12(7-8-17(16,3)15(22)23)13(19)18-11-6-4-5-10(9-11)14(20)21/h4-6,9,12H,7-8H2,1-3H3,(H,18,19)(H,20,21)(H,22,23)/t12-,17-/m0/s1. The molecule has 6 nitrogen and oxygen atoms in total. The van der Waals surface area contributed by atoms with Gasteiger partial charge in [-0.2, -0.15) is 0 Å². The number of carboxylic acids is 2. The number of aromatic carboxylic acids is 1. The average Bonchev–Trinajstić information content (AvgIpc) is 2.71. The van der Waals surface area contributed by atoms with Gasteiger partial charge < -0.3 is 15.5 Å². The molecule has 23 heavy (non-hydrogen) atoms. The second kappa shape index (κ2) is 5.68. The van der Waals surface area contributed by atoms with E-state index in [9.17, 15) is 19.5 Å². The van der Waals surface area contributed by atoms with Crippen LogP contribution < -0.4 is 5.32 Å². The summed E-state index contributed by atoms with van der Waals surface area (Å²) in [6, 6.07) is 6.00. The molecule has 2 rings (SSSR count). The zero-order chi connectivity index (χ0) is 17.4. The van der Waals surface area contributed by atoms with Crippen LogP contribution in [0.25, 0.3) is 0 Å². The van der Waals surface area contributed by atoms with Crippen molar-refractivity contribution in [3.8, 4) is 0 Å². The minimum absolute atomic E-state index is 0.0869. The highest BCUT2D eigenvalue weighted by Crippen LogP contribution is 2.56. The van der Waals surface area contributed by atoms with E-state index in [2.05, 4.69) is 5.32 Å². The van der Waals surface area contributed by atoms with Gasteiger partial charge in [-0.15, -0.1) is 0 Å². The fourth-order valence-corrected chi connectivity index (χ4v) is 3.30. The number of anilines is 1. The van der Waals surface area contributed by atoms with Crippen LogP contribution in [0, 0.1) is 16.7 Å². The minimum atomic E-state index is -1.07. The minimum Gasteiger partial charge on any atom is -0.481 e. The number of benzene rings is 1. The van der Waals surface area contributed by atoms with Gasteiger partial charge in [0.1, 0.15) is 0 Å². The third kappa shape index (κ3) is 2.81. The highest BCUT2D eigenvalue weighted by atomic mass is 16.4. The first-order valence-electron chi connectivity index (χ1n) is 7.47. The highest BCUT2D eigenvalue weighted by Gasteiger charge is 2.58. The Morgan fingerprint density at radius 3 is 2.35 bits per heavy atom. The van der Waals surface area contributed by atoms with Crippen LogP contribution in [0.1, 0.15) is 44.0 Å². The smallest absolute Gasteiger partial charge is 0.335 e. The molecule has 1 aromatic carbocycles. The third-order valence-corrected chi connectivity index (χ3v) is 5.39. The zero-order valence-corrected chi connectivity index (χ0v) is 13.4. The zero-order valence-electron chi connectivity index (χ0n) is 13.4. The van der Waals surface area contributed by atoms with E-state index in [1.54, 1.807) is 32.9 Å². The maximum atomic E-state index is 12.6. The number of carbonyl (C=O) groups is 3. The molecule has 0 spiro atoms. The molecule has 0 unspecified atom stereocenters. The lowest BCUT2D eigenvalue weighted by Gasteiger charge is -2.37. The summed E-state index contributed by atoms with van der Waals surface area (Å²) in [4.78, 5) is 35.1. The monoisotopic (exact) mass is 319 g/mol. The molecule has 1 amide bonds. The number of hydrogen-bond donors (Lipinski definition) is 3. The van der Waals surface area contributed by atoms with Gasteiger partial charge >= 0.3 is 11.9 Å². The summed E-state index contributed by atoms with van der Waals surface area (Å²) in [5.74, 6) is -2.69. The first kappa shape index (κ1) is 17.0. The van der Waals surface area contributed by atoms with E-state index in [0.717, 1.165) is 0 Å². The number of rotatable bonds is 4. The van der Waals surface area contributed by atoms with Crippen LogP contribution in [0.5, 0.6) is 0 Å². The van der Waals surface area contributed by atoms with Crippen LogP contribution in [-0.2, 0) is 9.59 Å². The molecule has 1 saturated carbocycles. The predicted octanol–water partition coefficient (Wildman–Crippen LogP) is 2.85. The molecule has 1 fully saturated rings. The van der Waals surface area contributed by atoms with Crippen molar-refractivity contribution in [3.05, 3.63) is 29.8 Å². The van der Waals surface area contributed by atoms with Gasteiger partial charge in [-0.25, -0.2) is 4.79 Å². The van der Waals surface area contributed by atoms with Crippen molar-refractivity contribution in [1.29, 1.82) is 0 Å². The molecule has 0 aromatic heterocycles. The predicted molar refractivity (Wildman–Crippen MR) is 84.3 cm³/mol. The van der Waals surface area contributed by atoms with Crippen molar-refractivity contribution < 1.29 is 24.6 Å². The lowest BCUT2D eigenvalue weighted by Crippen LogP contribution is -2.43. The maximum absolute atomic E-state index is 12.6. The summed E-state index contributed by atoms with van der Waals surface area (Å²) in [6.45, 7) is 5.27. The van der Waals surface area contributed by atoms with Gasteiger partial charge in [-0.05, 0) is 43.4 Å². The SMILES string of the molecule is CC1(C)[C@H](C(=O)Nc2cccc(C(=O)O)c2)CC[C@@]1(C)C(=O)O. The topological polar surface area (TPSA) is 104 Å². The van der Waals surface area contributed by atoms with Crippen LogP contribution >= 0.6 is 0 Å². The fraction of sp³-hybridized carbons (Fsp3) is 0.471. The second-order valence-corrected chi connectivity index (χ2v) is 6.83. The number of amides is 1. The Morgan fingerprint density at radius 1 is 1.17 bits per heavy atom. The Kier molecular flexibility index (Phi) is 4.20. The molecule has 1 aliphatic carbocycles. The summed E-state index contributed by atoms with van der Waals surface area (Å²) >= 11 is 0. The van der Waals surface area contributed by atoms with E-state index in [-0.39, 0.29) is 11.5 Å². The van der Waals surface area contributed by atoms with E-state index >= 15 is 0 Å². The number of hydrogen-bond acceptors (Lipinski definition) is 3. The Labute approximate surface area is 134 Å². The van der Waals surface area contributed by atoms with Gasteiger partial charge in [0, 0.05) is 11.6 Å². The first-order valence-corrected chi connectivity index (χ1v) is 7.47. The van der Waals surface area contributed by atoms with Gasteiger partial charge in [-0.1, -0.05) is 19.9 Å². The molecule has 0 heterocycles. The van der Waals surface area contributed by atoms with Crippen LogP contribution in [0.3, 0.4) is 0 Å². The summed E-state index contributed by atoms with van der Waals surface area (Å²) in [7, 11) is 0. The summed E-state index contributed by atoms with van der Waals surface area (Å²) in [5.41, 5.74) is -1.18. The van der Waals surface area contributed by atoms with Crippen LogP contribution in [0.2, 0.25) is 0 Å². The van der Waals surface area contributed by atoms with Crippen molar-refractivity contribution in [2.24, 2.45) is 16.7 Å². The molecular formula is C17H21NO5. The maximum Gasteiger partial charge on any atom is 0.335 e.